The molecule has 188 valence electrons. The van der Waals surface area contributed by atoms with Crippen molar-refractivity contribution >= 4 is 50.3 Å². The number of nitrogens with zero attached hydrogens (tertiary/aromatic N) is 4. The third-order valence-corrected chi connectivity index (χ3v) is 6.40. The van der Waals surface area contributed by atoms with Crippen LogP contribution in [0.25, 0.3) is 22.3 Å². The van der Waals surface area contributed by atoms with Crippen molar-refractivity contribution in [3.8, 4) is 17.1 Å². The number of nitro groups is 1. The first-order chi connectivity index (χ1) is 18.4. The maximum absolute atomic E-state index is 13.4. The summed E-state index contributed by atoms with van der Waals surface area (Å²) >= 11 is 9.59. The number of fused-ring (bicyclic) bond motifs is 1. The summed E-state index contributed by atoms with van der Waals surface area (Å²) in [4.78, 5) is 29.4. The molecule has 38 heavy (non-hydrogen) atoms. The normalized spacial score (nSPS) is 11.2. The fraction of sp³-hybridized carbons (Fsp3) is 0.0357. The summed E-state index contributed by atoms with van der Waals surface area (Å²) in [5.41, 5.74) is 1.54. The average Bonchev–Trinajstić information content (AvgIpc) is 2.93. The fourth-order valence-electron chi connectivity index (χ4n) is 3.85. The van der Waals surface area contributed by atoms with Crippen molar-refractivity contribution in [2.24, 2.45) is 5.10 Å². The third-order valence-electron chi connectivity index (χ3n) is 5.65. The molecule has 1 aromatic heterocycles. The van der Waals surface area contributed by atoms with Crippen molar-refractivity contribution in [1.29, 1.82) is 0 Å². The van der Waals surface area contributed by atoms with Gasteiger partial charge < -0.3 is 4.74 Å². The van der Waals surface area contributed by atoms with Crippen LogP contribution in [0, 0.1) is 10.1 Å². The number of halogens is 2. The van der Waals surface area contributed by atoms with Crippen molar-refractivity contribution in [2.45, 2.75) is 6.61 Å². The quantitative estimate of drug-likeness (QED) is 0.117. The van der Waals surface area contributed by atoms with Gasteiger partial charge in [0, 0.05) is 26.7 Å². The molecular formula is C28H18BrClN4O4. The summed E-state index contributed by atoms with van der Waals surface area (Å²) in [6.07, 6.45) is 1.32. The summed E-state index contributed by atoms with van der Waals surface area (Å²) < 4.78 is 7.97. The van der Waals surface area contributed by atoms with Gasteiger partial charge >= 0.3 is 5.69 Å². The van der Waals surface area contributed by atoms with Gasteiger partial charge in [-0.1, -0.05) is 82.1 Å². The Hall–Kier alpha value is -4.34. The number of hydrogen-bond donors (Lipinski definition) is 0. The van der Waals surface area contributed by atoms with Crippen LogP contribution in [-0.4, -0.2) is 20.8 Å². The van der Waals surface area contributed by atoms with E-state index in [9.17, 15) is 14.9 Å². The van der Waals surface area contributed by atoms with Crippen LogP contribution in [0.5, 0.6) is 5.75 Å². The molecule has 0 atom stereocenters. The fourth-order valence-corrected chi connectivity index (χ4v) is 4.33. The van der Waals surface area contributed by atoms with Crippen LogP contribution >= 0.6 is 27.5 Å². The Morgan fingerprint density at radius 2 is 1.74 bits per heavy atom. The monoisotopic (exact) mass is 588 g/mol. The van der Waals surface area contributed by atoms with E-state index in [0.29, 0.717) is 22.3 Å². The highest BCUT2D eigenvalue weighted by Crippen LogP contribution is 2.34. The molecule has 0 radical (unpaired) electrons. The van der Waals surface area contributed by atoms with Crippen molar-refractivity contribution < 1.29 is 9.66 Å². The highest BCUT2D eigenvalue weighted by atomic mass is 79.9. The van der Waals surface area contributed by atoms with Gasteiger partial charge in [0.05, 0.1) is 22.0 Å². The molecule has 0 N–H and O–H groups in total. The predicted molar refractivity (Wildman–Crippen MR) is 151 cm³/mol. The third kappa shape index (κ3) is 5.34. The summed E-state index contributed by atoms with van der Waals surface area (Å²) in [7, 11) is 0. The number of hydrogen-bond acceptors (Lipinski definition) is 6. The molecule has 4 aromatic carbocycles. The van der Waals surface area contributed by atoms with Gasteiger partial charge in [0.25, 0.3) is 5.56 Å². The molecular weight excluding hydrogens is 572 g/mol. The lowest BCUT2D eigenvalue weighted by Crippen LogP contribution is -2.20. The maximum atomic E-state index is 13.4. The minimum atomic E-state index is -0.570. The highest BCUT2D eigenvalue weighted by molar-refractivity contribution is 9.10. The molecule has 5 aromatic rings. The number of aromatic nitrogens is 2. The molecule has 0 saturated carbocycles. The van der Waals surface area contributed by atoms with E-state index in [2.05, 4.69) is 26.0 Å². The molecule has 10 heteroatoms. The molecule has 0 aliphatic heterocycles. The number of para-hydroxylation sites is 1. The van der Waals surface area contributed by atoms with E-state index in [4.69, 9.17) is 16.3 Å². The minimum Gasteiger partial charge on any atom is -0.481 e. The van der Waals surface area contributed by atoms with Gasteiger partial charge in [0.1, 0.15) is 6.61 Å². The van der Waals surface area contributed by atoms with Gasteiger partial charge in [0.2, 0.25) is 5.75 Å². The van der Waals surface area contributed by atoms with Gasteiger partial charge in [-0.2, -0.15) is 9.78 Å². The molecule has 8 nitrogen and oxygen atoms in total. The summed E-state index contributed by atoms with van der Waals surface area (Å²) in [5.74, 6) is 0.300. The van der Waals surface area contributed by atoms with Crippen LogP contribution in [-0.2, 0) is 6.61 Å². The number of benzene rings is 4. The molecule has 0 fully saturated rings. The van der Waals surface area contributed by atoms with Crippen molar-refractivity contribution in [3.63, 3.8) is 0 Å². The Balaban J connectivity index is 1.63. The lowest BCUT2D eigenvalue weighted by molar-refractivity contribution is -0.385. The van der Waals surface area contributed by atoms with Crippen molar-refractivity contribution in [3.05, 3.63) is 132 Å². The summed E-state index contributed by atoms with van der Waals surface area (Å²) in [5, 5.41) is 16.8. The van der Waals surface area contributed by atoms with Crippen LogP contribution in [0.3, 0.4) is 0 Å². The summed E-state index contributed by atoms with van der Waals surface area (Å²) in [6, 6.07) is 26.2. The first-order valence-corrected chi connectivity index (χ1v) is 12.5. The highest BCUT2D eigenvalue weighted by Gasteiger charge is 2.21. The predicted octanol–water partition coefficient (Wildman–Crippen LogP) is 6.85. The maximum Gasteiger partial charge on any atom is 0.313 e. The van der Waals surface area contributed by atoms with Gasteiger partial charge in [0.15, 0.2) is 5.82 Å². The second-order valence-electron chi connectivity index (χ2n) is 8.20. The zero-order valence-electron chi connectivity index (χ0n) is 19.6. The second-order valence-corrected chi connectivity index (χ2v) is 9.55. The Labute approximate surface area is 230 Å². The van der Waals surface area contributed by atoms with E-state index in [-0.39, 0.29) is 34.2 Å². The molecule has 0 spiro atoms. The molecule has 0 unspecified atom stereocenters. The first-order valence-electron chi connectivity index (χ1n) is 11.4. The summed E-state index contributed by atoms with van der Waals surface area (Å²) in [6.45, 7) is 0.0728. The zero-order valence-corrected chi connectivity index (χ0v) is 22.0. The van der Waals surface area contributed by atoms with Gasteiger partial charge in [-0.15, -0.1) is 0 Å². The van der Waals surface area contributed by atoms with Crippen LogP contribution in [0.15, 0.2) is 105 Å². The van der Waals surface area contributed by atoms with Crippen LogP contribution in [0.2, 0.25) is 5.02 Å². The number of rotatable bonds is 7. The topological polar surface area (TPSA) is 99.6 Å². The molecule has 5 rings (SSSR count). The first kappa shape index (κ1) is 25.3. The van der Waals surface area contributed by atoms with Crippen molar-refractivity contribution in [1.82, 2.24) is 9.66 Å². The Morgan fingerprint density at radius 1 is 1.03 bits per heavy atom. The van der Waals surface area contributed by atoms with Crippen molar-refractivity contribution in [2.75, 3.05) is 0 Å². The van der Waals surface area contributed by atoms with E-state index in [0.717, 1.165) is 10.0 Å². The smallest absolute Gasteiger partial charge is 0.313 e. The Kier molecular flexibility index (Phi) is 7.30. The van der Waals surface area contributed by atoms with Gasteiger partial charge in [-0.3, -0.25) is 14.9 Å². The Bertz CT molecular complexity index is 1740. The molecule has 1 heterocycles. The molecule has 0 bridgehead atoms. The Morgan fingerprint density at radius 3 is 2.47 bits per heavy atom. The number of nitro benzene ring substituents is 1. The van der Waals surface area contributed by atoms with E-state index in [1.807, 2.05) is 54.6 Å². The largest absolute Gasteiger partial charge is 0.481 e. The van der Waals surface area contributed by atoms with E-state index >= 15 is 0 Å². The molecule has 0 aliphatic rings. The molecule has 0 saturated heterocycles. The lowest BCUT2D eigenvalue weighted by Gasteiger charge is -2.12. The van der Waals surface area contributed by atoms with E-state index in [1.165, 1.54) is 23.0 Å². The van der Waals surface area contributed by atoms with Crippen LogP contribution < -0.4 is 10.3 Å². The van der Waals surface area contributed by atoms with E-state index < -0.39 is 4.92 Å². The average molecular weight is 590 g/mol. The van der Waals surface area contributed by atoms with E-state index in [1.54, 1.807) is 24.3 Å². The SMILES string of the molecule is O=c1c2ccccc2nc(-c2ccccc2)n1N=Cc1cc(Cl)cc([N+](=O)[O-])c1OCc1ccc(Br)cc1. The minimum absolute atomic E-state index is 0.0193. The van der Waals surface area contributed by atoms with Gasteiger partial charge in [-0.05, 0) is 35.9 Å². The van der Waals surface area contributed by atoms with Crippen LogP contribution in [0.1, 0.15) is 11.1 Å². The van der Waals surface area contributed by atoms with Gasteiger partial charge in [-0.25, -0.2) is 4.98 Å². The standard InChI is InChI=1S/C28H18BrClN4O4/c29-21-12-10-18(11-13-21)17-38-26-20(14-22(30)15-25(26)34(36)37)16-31-33-27(19-6-2-1-3-7-19)32-24-9-5-4-8-23(24)28(33)35/h1-16H,17H2. The second kappa shape index (κ2) is 11.0. The zero-order chi connectivity index (χ0) is 26.6. The number of ether oxygens (including phenoxy) is 1. The van der Waals surface area contributed by atoms with Crippen LogP contribution in [0.4, 0.5) is 5.69 Å². The molecule has 0 aliphatic carbocycles. The lowest BCUT2D eigenvalue weighted by atomic mass is 10.1. The molecule has 0 amide bonds.